The zero-order valence-corrected chi connectivity index (χ0v) is 8.80. The fraction of sp³-hybridized carbons (Fsp3) is 0.900. The standard InChI is InChI=1S/C10H22N2/c1-5-9(3)11-7-8-12-10(4)6-2/h7,9-10,12H,5-6,8H2,1-4H3. The summed E-state index contributed by atoms with van der Waals surface area (Å²) in [5.41, 5.74) is 0. The molecule has 2 heteroatoms. The third-order valence-electron chi connectivity index (χ3n) is 2.12. The smallest absolute Gasteiger partial charge is 0.0465 e. The summed E-state index contributed by atoms with van der Waals surface area (Å²) in [6.07, 6.45) is 4.29. The van der Waals surface area contributed by atoms with E-state index in [4.69, 9.17) is 0 Å². The van der Waals surface area contributed by atoms with E-state index in [1.54, 1.807) is 0 Å². The summed E-state index contributed by atoms with van der Waals surface area (Å²) in [6.45, 7) is 9.57. The van der Waals surface area contributed by atoms with Crippen LogP contribution in [0.4, 0.5) is 0 Å². The Morgan fingerprint density at radius 1 is 1.25 bits per heavy atom. The van der Waals surface area contributed by atoms with Gasteiger partial charge >= 0.3 is 0 Å². The normalized spacial score (nSPS) is 16.7. The lowest BCUT2D eigenvalue weighted by atomic mass is 10.2. The zero-order chi connectivity index (χ0) is 9.40. The number of rotatable bonds is 6. The van der Waals surface area contributed by atoms with E-state index in [1.807, 2.05) is 6.21 Å². The number of nitrogens with zero attached hydrogens (tertiary/aromatic N) is 1. The summed E-state index contributed by atoms with van der Waals surface area (Å²) in [4.78, 5) is 4.36. The lowest BCUT2D eigenvalue weighted by molar-refractivity contribution is 0.575. The quantitative estimate of drug-likeness (QED) is 0.607. The van der Waals surface area contributed by atoms with Crippen LogP contribution >= 0.6 is 0 Å². The minimum atomic E-state index is 0.476. The van der Waals surface area contributed by atoms with Gasteiger partial charge in [-0.25, -0.2) is 0 Å². The second-order valence-electron chi connectivity index (χ2n) is 3.31. The molecule has 0 heterocycles. The summed E-state index contributed by atoms with van der Waals surface area (Å²) in [5.74, 6) is 0. The molecule has 2 unspecified atom stereocenters. The van der Waals surface area contributed by atoms with Crippen LogP contribution in [0.25, 0.3) is 0 Å². The van der Waals surface area contributed by atoms with Crippen molar-refractivity contribution in [3.63, 3.8) is 0 Å². The summed E-state index contributed by atoms with van der Waals surface area (Å²) in [6, 6.07) is 1.08. The molecule has 72 valence electrons. The third-order valence-corrected chi connectivity index (χ3v) is 2.12. The molecule has 2 nitrogen and oxygen atoms in total. The molecule has 0 aromatic rings. The first-order valence-corrected chi connectivity index (χ1v) is 4.95. The molecule has 0 aliphatic carbocycles. The van der Waals surface area contributed by atoms with Crippen molar-refractivity contribution in [3.8, 4) is 0 Å². The molecule has 0 spiro atoms. The van der Waals surface area contributed by atoms with Crippen LogP contribution in [0.2, 0.25) is 0 Å². The van der Waals surface area contributed by atoms with Gasteiger partial charge in [0.25, 0.3) is 0 Å². The second-order valence-corrected chi connectivity index (χ2v) is 3.31. The molecule has 0 rings (SSSR count). The lowest BCUT2D eigenvalue weighted by Crippen LogP contribution is -2.27. The average Bonchev–Trinajstić information content (AvgIpc) is 2.11. The summed E-state index contributed by atoms with van der Waals surface area (Å²) < 4.78 is 0. The van der Waals surface area contributed by atoms with Gasteiger partial charge in [-0.2, -0.15) is 0 Å². The minimum absolute atomic E-state index is 0.476. The minimum Gasteiger partial charge on any atom is -0.309 e. The molecule has 0 aliphatic heterocycles. The fourth-order valence-electron chi connectivity index (χ4n) is 0.736. The zero-order valence-electron chi connectivity index (χ0n) is 8.80. The Kier molecular flexibility index (Phi) is 7.06. The van der Waals surface area contributed by atoms with Crippen molar-refractivity contribution in [1.82, 2.24) is 5.32 Å². The van der Waals surface area contributed by atoms with Crippen LogP contribution < -0.4 is 5.32 Å². The lowest BCUT2D eigenvalue weighted by Gasteiger charge is -2.08. The summed E-state index contributed by atoms with van der Waals surface area (Å²) in [7, 11) is 0. The third kappa shape index (κ3) is 6.35. The molecule has 2 atom stereocenters. The molecule has 0 bridgehead atoms. The van der Waals surface area contributed by atoms with Crippen molar-refractivity contribution in [2.24, 2.45) is 4.99 Å². The van der Waals surface area contributed by atoms with E-state index >= 15 is 0 Å². The van der Waals surface area contributed by atoms with Gasteiger partial charge < -0.3 is 5.32 Å². The Bertz CT molecular complexity index is 121. The molecule has 1 N–H and O–H groups in total. The first-order chi connectivity index (χ1) is 5.70. The number of nitrogens with one attached hydrogen (secondary N) is 1. The molecule has 0 radical (unpaired) electrons. The number of hydrogen-bond acceptors (Lipinski definition) is 2. The highest BCUT2D eigenvalue weighted by molar-refractivity contribution is 5.59. The van der Waals surface area contributed by atoms with Gasteiger partial charge in [0, 0.05) is 24.8 Å². The van der Waals surface area contributed by atoms with Gasteiger partial charge in [-0.05, 0) is 26.7 Å². The monoisotopic (exact) mass is 170 g/mol. The molecule has 0 fully saturated rings. The second kappa shape index (κ2) is 7.29. The predicted octanol–water partition coefficient (Wildman–Crippen LogP) is 2.24. The van der Waals surface area contributed by atoms with Crippen LogP contribution in [-0.2, 0) is 0 Å². The van der Waals surface area contributed by atoms with Crippen molar-refractivity contribution >= 4 is 6.21 Å². The molecule has 0 amide bonds. The molecular formula is C10H22N2. The summed E-state index contributed by atoms with van der Waals surface area (Å²) in [5, 5.41) is 3.36. The predicted molar refractivity (Wildman–Crippen MR) is 56.0 cm³/mol. The first-order valence-electron chi connectivity index (χ1n) is 4.95. The van der Waals surface area contributed by atoms with Crippen LogP contribution in [0.1, 0.15) is 40.5 Å². The Labute approximate surface area is 76.5 Å². The van der Waals surface area contributed by atoms with Crippen molar-refractivity contribution in [3.05, 3.63) is 0 Å². The molecule has 0 aliphatic rings. The van der Waals surface area contributed by atoms with E-state index in [-0.39, 0.29) is 0 Å². The van der Waals surface area contributed by atoms with Gasteiger partial charge in [0.2, 0.25) is 0 Å². The van der Waals surface area contributed by atoms with Gasteiger partial charge in [0.15, 0.2) is 0 Å². The van der Waals surface area contributed by atoms with E-state index in [9.17, 15) is 0 Å². The fourth-order valence-corrected chi connectivity index (χ4v) is 0.736. The largest absolute Gasteiger partial charge is 0.309 e. The van der Waals surface area contributed by atoms with E-state index in [0.29, 0.717) is 12.1 Å². The number of hydrogen-bond donors (Lipinski definition) is 1. The summed E-state index contributed by atoms with van der Waals surface area (Å²) >= 11 is 0. The molecule has 0 saturated heterocycles. The van der Waals surface area contributed by atoms with Crippen molar-refractivity contribution in [1.29, 1.82) is 0 Å². The maximum atomic E-state index is 4.36. The Balaban J connectivity index is 3.35. The first kappa shape index (κ1) is 11.6. The Morgan fingerprint density at radius 2 is 1.92 bits per heavy atom. The van der Waals surface area contributed by atoms with Crippen molar-refractivity contribution in [2.45, 2.75) is 52.6 Å². The average molecular weight is 170 g/mol. The highest BCUT2D eigenvalue weighted by atomic mass is 14.9. The van der Waals surface area contributed by atoms with E-state index in [1.165, 1.54) is 6.42 Å². The Morgan fingerprint density at radius 3 is 2.42 bits per heavy atom. The van der Waals surface area contributed by atoms with E-state index in [0.717, 1.165) is 13.0 Å². The van der Waals surface area contributed by atoms with Gasteiger partial charge in [0.05, 0.1) is 0 Å². The van der Waals surface area contributed by atoms with Gasteiger partial charge in [-0.3, -0.25) is 4.99 Å². The maximum absolute atomic E-state index is 4.36. The SMILES string of the molecule is CCC(C)N=CCNC(C)CC. The van der Waals surface area contributed by atoms with Crippen LogP contribution in [0.15, 0.2) is 4.99 Å². The Hall–Kier alpha value is -0.370. The molecule has 12 heavy (non-hydrogen) atoms. The molecule has 0 aromatic heterocycles. The number of aliphatic imine (C=N–C) groups is 1. The highest BCUT2D eigenvalue weighted by Crippen LogP contribution is 1.92. The topological polar surface area (TPSA) is 24.4 Å². The van der Waals surface area contributed by atoms with Crippen LogP contribution in [-0.4, -0.2) is 24.8 Å². The van der Waals surface area contributed by atoms with Crippen LogP contribution in [0.3, 0.4) is 0 Å². The van der Waals surface area contributed by atoms with Gasteiger partial charge in [0.1, 0.15) is 0 Å². The molecular weight excluding hydrogens is 148 g/mol. The van der Waals surface area contributed by atoms with Gasteiger partial charge in [-0.1, -0.05) is 13.8 Å². The molecule has 0 saturated carbocycles. The van der Waals surface area contributed by atoms with Crippen LogP contribution in [0.5, 0.6) is 0 Å². The van der Waals surface area contributed by atoms with Gasteiger partial charge in [-0.15, -0.1) is 0 Å². The van der Waals surface area contributed by atoms with Crippen molar-refractivity contribution in [2.75, 3.05) is 6.54 Å². The van der Waals surface area contributed by atoms with E-state index in [2.05, 4.69) is 38.0 Å². The van der Waals surface area contributed by atoms with E-state index < -0.39 is 0 Å². The van der Waals surface area contributed by atoms with Crippen LogP contribution in [0, 0.1) is 0 Å². The highest BCUT2D eigenvalue weighted by Gasteiger charge is 1.94. The molecule has 0 aromatic carbocycles. The van der Waals surface area contributed by atoms with Crippen molar-refractivity contribution < 1.29 is 0 Å². The maximum Gasteiger partial charge on any atom is 0.0465 e.